The zero-order valence-electron chi connectivity index (χ0n) is 13.7. The highest BCUT2D eigenvalue weighted by Crippen LogP contribution is 2.42. The van der Waals surface area contributed by atoms with Crippen LogP contribution in [-0.2, 0) is 14.3 Å². The van der Waals surface area contributed by atoms with E-state index in [1.807, 2.05) is 25.1 Å². The topological polar surface area (TPSA) is 66.8 Å². The van der Waals surface area contributed by atoms with E-state index in [1.54, 1.807) is 7.11 Å². The molecular formula is C18H19NO5. The van der Waals surface area contributed by atoms with E-state index in [-0.39, 0.29) is 0 Å². The Labute approximate surface area is 139 Å². The highest BCUT2D eigenvalue weighted by molar-refractivity contribution is 6.07. The molecule has 1 saturated heterocycles. The van der Waals surface area contributed by atoms with Crippen LogP contribution in [0.1, 0.15) is 41.4 Å². The first-order valence-corrected chi connectivity index (χ1v) is 8.16. The van der Waals surface area contributed by atoms with Gasteiger partial charge in [-0.2, -0.15) is 0 Å². The number of cyclic esters (lactones) is 1. The summed E-state index contributed by atoms with van der Waals surface area (Å²) in [5.41, 5.74) is 2.38. The van der Waals surface area contributed by atoms with Gasteiger partial charge < -0.3 is 18.8 Å². The Morgan fingerprint density at radius 3 is 2.71 bits per heavy atom. The molecular weight excluding hydrogens is 310 g/mol. The summed E-state index contributed by atoms with van der Waals surface area (Å²) in [6, 6.07) is 6.15. The molecule has 1 unspecified atom stereocenters. The average Bonchev–Trinajstić information content (AvgIpc) is 3.26. The molecule has 4 rings (SSSR count). The van der Waals surface area contributed by atoms with Crippen molar-refractivity contribution in [2.45, 2.75) is 38.3 Å². The van der Waals surface area contributed by atoms with E-state index in [4.69, 9.17) is 14.2 Å². The molecule has 6 nitrogen and oxygen atoms in total. The molecule has 0 spiro atoms. The lowest BCUT2D eigenvalue weighted by molar-refractivity contribution is -0.145. The minimum absolute atomic E-state index is 0.299. The maximum Gasteiger partial charge on any atom is 0.347 e. The van der Waals surface area contributed by atoms with Crippen LogP contribution in [0, 0.1) is 6.92 Å². The molecule has 1 aliphatic carbocycles. The van der Waals surface area contributed by atoms with Crippen molar-refractivity contribution >= 4 is 22.8 Å². The van der Waals surface area contributed by atoms with Gasteiger partial charge in [0.1, 0.15) is 5.75 Å². The van der Waals surface area contributed by atoms with Crippen molar-refractivity contribution in [3.63, 3.8) is 0 Å². The number of hydrogen-bond acceptors (Lipinski definition) is 5. The lowest BCUT2D eigenvalue weighted by atomic mass is 10.1. The fourth-order valence-corrected chi connectivity index (χ4v) is 3.38. The first kappa shape index (κ1) is 15.1. The van der Waals surface area contributed by atoms with Gasteiger partial charge >= 0.3 is 11.9 Å². The highest BCUT2D eigenvalue weighted by atomic mass is 16.6. The van der Waals surface area contributed by atoms with Crippen molar-refractivity contribution in [1.82, 2.24) is 4.57 Å². The summed E-state index contributed by atoms with van der Waals surface area (Å²) in [6.45, 7) is 2.22. The number of esters is 2. The third kappa shape index (κ3) is 2.33. The molecule has 1 aromatic carbocycles. The van der Waals surface area contributed by atoms with Crippen LogP contribution < -0.4 is 4.74 Å². The van der Waals surface area contributed by atoms with Gasteiger partial charge in [0.05, 0.1) is 19.3 Å². The fourth-order valence-electron chi connectivity index (χ4n) is 3.38. The summed E-state index contributed by atoms with van der Waals surface area (Å²) in [4.78, 5) is 24.3. The molecule has 1 aliphatic heterocycles. The van der Waals surface area contributed by atoms with E-state index in [2.05, 4.69) is 4.57 Å². The number of aromatic nitrogens is 1. The van der Waals surface area contributed by atoms with Crippen LogP contribution in [0.4, 0.5) is 0 Å². The Bertz CT molecular complexity index is 834. The van der Waals surface area contributed by atoms with E-state index in [9.17, 15) is 9.59 Å². The van der Waals surface area contributed by atoms with Crippen molar-refractivity contribution in [3.05, 3.63) is 29.5 Å². The molecule has 1 aromatic heterocycles. The van der Waals surface area contributed by atoms with E-state index < -0.39 is 18.0 Å². The molecule has 2 aromatic rings. The molecule has 126 valence electrons. The zero-order chi connectivity index (χ0) is 16.8. The van der Waals surface area contributed by atoms with E-state index in [0.717, 1.165) is 29.4 Å². The fraction of sp³-hybridized carbons (Fsp3) is 0.444. The molecule has 6 heteroatoms. The number of nitrogens with zero attached hydrogens (tertiary/aromatic N) is 1. The van der Waals surface area contributed by atoms with Gasteiger partial charge in [-0.05, 0) is 38.0 Å². The third-order valence-electron chi connectivity index (χ3n) is 4.71. The second kappa shape index (κ2) is 5.54. The smallest absolute Gasteiger partial charge is 0.347 e. The number of benzene rings is 1. The maximum atomic E-state index is 12.8. The standard InChI is InChI=1S/C18H19NO5/c1-10-16(18(21)24-15-7-8-23-17(15)20)13-9-12(22-2)5-6-14(13)19(10)11-3-4-11/h5-6,9,11,15H,3-4,7-8H2,1-2H3. The molecule has 24 heavy (non-hydrogen) atoms. The van der Waals surface area contributed by atoms with Crippen molar-refractivity contribution in [2.24, 2.45) is 0 Å². The minimum atomic E-state index is -0.804. The van der Waals surface area contributed by atoms with Crippen molar-refractivity contribution in [3.8, 4) is 5.75 Å². The van der Waals surface area contributed by atoms with Gasteiger partial charge in [-0.3, -0.25) is 0 Å². The average molecular weight is 329 g/mol. The van der Waals surface area contributed by atoms with Gasteiger partial charge in [-0.25, -0.2) is 9.59 Å². The van der Waals surface area contributed by atoms with Crippen LogP contribution in [0.3, 0.4) is 0 Å². The normalized spacial score (nSPS) is 20.2. The summed E-state index contributed by atoms with van der Waals surface area (Å²) >= 11 is 0. The van der Waals surface area contributed by atoms with Crippen LogP contribution in [0.2, 0.25) is 0 Å². The number of rotatable bonds is 4. The minimum Gasteiger partial charge on any atom is -0.497 e. The summed E-state index contributed by atoms with van der Waals surface area (Å²) in [5, 5.41) is 0.801. The van der Waals surface area contributed by atoms with Gasteiger partial charge in [0.2, 0.25) is 6.10 Å². The summed E-state index contributed by atoms with van der Waals surface area (Å²) < 4.78 is 17.8. The Kier molecular flexibility index (Phi) is 3.48. The Morgan fingerprint density at radius 2 is 2.08 bits per heavy atom. The van der Waals surface area contributed by atoms with Crippen LogP contribution in [0.25, 0.3) is 10.9 Å². The van der Waals surface area contributed by atoms with E-state index >= 15 is 0 Å². The number of carbonyl (C=O) groups is 2. The van der Waals surface area contributed by atoms with Crippen molar-refractivity contribution in [2.75, 3.05) is 13.7 Å². The zero-order valence-corrected chi connectivity index (χ0v) is 13.7. The third-order valence-corrected chi connectivity index (χ3v) is 4.71. The number of methoxy groups -OCH3 is 1. The lowest BCUT2D eigenvalue weighted by Gasteiger charge is -2.09. The molecule has 2 heterocycles. The van der Waals surface area contributed by atoms with E-state index in [1.165, 1.54) is 0 Å². The Hall–Kier alpha value is -2.50. The van der Waals surface area contributed by atoms with Crippen LogP contribution in [-0.4, -0.2) is 36.3 Å². The number of ether oxygens (including phenoxy) is 3. The highest BCUT2D eigenvalue weighted by Gasteiger charge is 2.34. The van der Waals surface area contributed by atoms with E-state index in [0.29, 0.717) is 30.4 Å². The summed E-state index contributed by atoms with van der Waals surface area (Å²) in [7, 11) is 1.60. The predicted molar refractivity (Wildman–Crippen MR) is 86.3 cm³/mol. The molecule has 1 saturated carbocycles. The molecule has 1 atom stereocenters. The maximum absolute atomic E-state index is 12.8. The second-order valence-corrected chi connectivity index (χ2v) is 6.29. The van der Waals surface area contributed by atoms with Crippen LogP contribution >= 0.6 is 0 Å². The Balaban J connectivity index is 1.79. The summed E-state index contributed by atoms with van der Waals surface area (Å²) in [5.74, 6) is -0.261. The molecule has 2 fully saturated rings. The van der Waals surface area contributed by atoms with Gasteiger partial charge in [0.25, 0.3) is 0 Å². The van der Waals surface area contributed by atoms with Gasteiger partial charge in [0, 0.05) is 29.1 Å². The molecule has 0 radical (unpaired) electrons. The van der Waals surface area contributed by atoms with Crippen molar-refractivity contribution in [1.29, 1.82) is 0 Å². The van der Waals surface area contributed by atoms with Gasteiger partial charge in [-0.15, -0.1) is 0 Å². The molecule has 0 amide bonds. The predicted octanol–water partition coefficient (Wildman–Crippen LogP) is 2.77. The monoisotopic (exact) mass is 329 g/mol. The number of carbonyl (C=O) groups excluding carboxylic acids is 2. The van der Waals surface area contributed by atoms with Crippen molar-refractivity contribution < 1.29 is 23.8 Å². The molecule has 2 aliphatic rings. The second-order valence-electron chi connectivity index (χ2n) is 6.29. The quantitative estimate of drug-likeness (QED) is 0.807. The lowest BCUT2D eigenvalue weighted by Crippen LogP contribution is -2.23. The van der Waals surface area contributed by atoms with Crippen LogP contribution in [0.15, 0.2) is 18.2 Å². The first-order chi connectivity index (χ1) is 11.6. The number of hydrogen-bond donors (Lipinski definition) is 0. The largest absolute Gasteiger partial charge is 0.497 e. The SMILES string of the molecule is COc1ccc2c(c1)c(C(=O)OC1CCOC1=O)c(C)n2C1CC1. The first-order valence-electron chi connectivity index (χ1n) is 8.16. The Morgan fingerprint density at radius 1 is 1.29 bits per heavy atom. The van der Waals surface area contributed by atoms with Gasteiger partial charge in [-0.1, -0.05) is 0 Å². The number of fused-ring (bicyclic) bond motifs is 1. The summed E-state index contributed by atoms with van der Waals surface area (Å²) in [6.07, 6.45) is 1.83. The van der Waals surface area contributed by atoms with Gasteiger partial charge in [0.15, 0.2) is 0 Å². The molecule has 0 bridgehead atoms. The van der Waals surface area contributed by atoms with Crippen LogP contribution in [0.5, 0.6) is 5.75 Å². The molecule has 0 N–H and O–H groups in total.